The summed E-state index contributed by atoms with van der Waals surface area (Å²) >= 11 is 6.06. The van der Waals surface area contributed by atoms with Gasteiger partial charge in [0.2, 0.25) is 5.88 Å². The lowest BCUT2D eigenvalue weighted by Crippen LogP contribution is -2.39. The number of hydrogen-bond donors (Lipinski definition) is 0. The number of benzene rings is 1. The third-order valence-electron chi connectivity index (χ3n) is 4.57. The van der Waals surface area contributed by atoms with Gasteiger partial charge in [-0.05, 0) is 49.1 Å². The van der Waals surface area contributed by atoms with Crippen LogP contribution in [0.2, 0.25) is 5.02 Å². The number of methoxy groups -OCH3 is 1. The summed E-state index contributed by atoms with van der Waals surface area (Å²) in [5.74, 6) is 0.846. The molecule has 1 aromatic carbocycles. The molecule has 4 nitrogen and oxygen atoms in total. The Morgan fingerprint density at radius 3 is 2.92 bits per heavy atom. The Kier molecular flexibility index (Phi) is 5.05. The van der Waals surface area contributed by atoms with Crippen LogP contribution in [-0.4, -0.2) is 36.0 Å². The summed E-state index contributed by atoms with van der Waals surface area (Å²) in [6.45, 7) is 3.59. The van der Waals surface area contributed by atoms with E-state index in [0.29, 0.717) is 17.4 Å². The maximum absolute atomic E-state index is 12.8. The molecule has 24 heavy (non-hydrogen) atoms. The molecule has 0 bridgehead atoms. The van der Waals surface area contributed by atoms with Crippen molar-refractivity contribution in [3.8, 4) is 5.88 Å². The standard InChI is InChI=1S/C19H21ClN2O2/c1-13-10-16(20)5-6-17(13)15-4-3-9-22(12-15)19(23)14-7-8-21-18(11-14)24-2/h5-8,10-11,15H,3-4,9,12H2,1-2H3/t15-/m0/s1. The van der Waals surface area contributed by atoms with E-state index in [-0.39, 0.29) is 5.91 Å². The van der Waals surface area contributed by atoms with Gasteiger partial charge in [0.1, 0.15) is 0 Å². The van der Waals surface area contributed by atoms with Crippen molar-refractivity contribution in [1.82, 2.24) is 9.88 Å². The van der Waals surface area contributed by atoms with Crippen LogP contribution in [-0.2, 0) is 0 Å². The third-order valence-corrected chi connectivity index (χ3v) is 4.81. The predicted octanol–water partition coefficient (Wildman–Crippen LogP) is 4.07. The number of carbonyl (C=O) groups is 1. The molecule has 3 rings (SSSR count). The molecule has 1 aromatic heterocycles. The third kappa shape index (κ3) is 3.54. The van der Waals surface area contributed by atoms with Crippen molar-refractivity contribution in [1.29, 1.82) is 0 Å². The fraction of sp³-hybridized carbons (Fsp3) is 0.368. The van der Waals surface area contributed by atoms with Crippen molar-refractivity contribution in [2.45, 2.75) is 25.7 Å². The summed E-state index contributed by atoms with van der Waals surface area (Å²) < 4.78 is 5.12. The van der Waals surface area contributed by atoms with Crippen molar-refractivity contribution in [2.75, 3.05) is 20.2 Å². The Labute approximate surface area is 147 Å². The number of carbonyl (C=O) groups excluding carboxylic acids is 1. The van der Waals surface area contributed by atoms with E-state index in [0.717, 1.165) is 31.0 Å². The minimum Gasteiger partial charge on any atom is -0.481 e. The summed E-state index contributed by atoms with van der Waals surface area (Å²) in [5.41, 5.74) is 3.09. The van der Waals surface area contributed by atoms with Crippen LogP contribution >= 0.6 is 11.6 Å². The second-order valence-electron chi connectivity index (χ2n) is 6.18. The van der Waals surface area contributed by atoms with E-state index < -0.39 is 0 Å². The summed E-state index contributed by atoms with van der Waals surface area (Å²) in [5, 5.41) is 0.754. The number of hydrogen-bond acceptors (Lipinski definition) is 3. The topological polar surface area (TPSA) is 42.4 Å². The number of likely N-dealkylation sites (tertiary alicyclic amines) is 1. The molecular formula is C19H21ClN2O2. The first kappa shape index (κ1) is 16.8. The van der Waals surface area contributed by atoms with Gasteiger partial charge in [0.15, 0.2) is 0 Å². The zero-order valence-corrected chi connectivity index (χ0v) is 14.7. The SMILES string of the molecule is COc1cc(C(=O)N2CCC[C@H](c3ccc(Cl)cc3C)C2)ccn1. The van der Waals surface area contributed by atoms with E-state index >= 15 is 0 Å². The van der Waals surface area contributed by atoms with Crippen LogP contribution < -0.4 is 4.74 Å². The summed E-state index contributed by atoms with van der Waals surface area (Å²) in [6, 6.07) is 9.44. The van der Waals surface area contributed by atoms with Crippen LogP contribution in [0.4, 0.5) is 0 Å². The van der Waals surface area contributed by atoms with Gasteiger partial charge in [-0.15, -0.1) is 0 Å². The minimum absolute atomic E-state index is 0.0343. The maximum atomic E-state index is 12.8. The zero-order chi connectivity index (χ0) is 17.1. The van der Waals surface area contributed by atoms with Gasteiger partial charge in [0.05, 0.1) is 7.11 Å². The predicted molar refractivity (Wildman–Crippen MR) is 94.9 cm³/mol. The number of ether oxygens (including phenoxy) is 1. The van der Waals surface area contributed by atoms with Gasteiger partial charge in [0.25, 0.3) is 5.91 Å². The lowest BCUT2D eigenvalue weighted by atomic mass is 9.88. The molecule has 5 heteroatoms. The quantitative estimate of drug-likeness (QED) is 0.842. The van der Waals surface area contributed by atoms with Crippen molar-refractivity contribution in [2.24, 2.45) is 0 Å². The molecule has 1 aliphatic rings. The molecule has 0 spiro atoms. The lowest BCUT2D eigenvalue weighted by Gasteiger charge is -2.33. The molecule has 0 radical (unpaired) electrons. The average molecular weight is 345 g/mol. The normalized spacial score (nSPS) is 17.6. The summed E-state index contributed by atoms with van der Waals surface area (Å²) in [7, 11) is 1.55. The van der Waals surface area contributed by atoms with Crippen LogP contribution in [0.25, 0.3) is 0 Å². The zero-order valence-electron chi connectivity index (χ0n) is 14.0. The molecule has 1 saturated heterocycles. The molecular weight excluding hydrogens is 324 g/mol. The number of pyridine rings is 1. The van der Waals surface area contributed by atoms with E-state index in [2.05, 4.69) is 18.0 Å². The monoisotopic (exact) mass is 344 g/mol. The van der Waals surface area contributed by atoms with E-state index in [1.54, 1.807) is 25.4 Å². The van der Waals surface area contributed by atoms with Crippen LogP contribution in [0, 0.1) is 6.92 Å². The van der Waals surface area contributed by atoms with Gasteiger partial charge < -0.3 is 9.64 Å². The molecule has 1 atom stereocenters. The van der Waals surface area contributed by atoms with Crippen molar-refractivity contribution >= 4 is 17.5 Å². The number of amides is 1. The number of piperidine rings is 1. The fourth-order valence-corrected chi connectivity index (χ4v) is 3.58. The highest BCUT2D eigenvalue weighted by molar-refractivity contribution is 6.30. The summed E-state index contributed by atoms with van der Waals surface area (Å²) in [4.78, 5) is 18.8. The van der Waals surface area contributed by atoms with Crippen LogP contribution in [0.3, 0.4) is 0 Å². The highest BCUT2D eigenvalue weighted by Crippen LogP contribution is 2.31. The van der Waals surface area contributed by atoms with Gasteiger partial charge in [-0.25, -0.2) is 4.98 Å². The Morgan fingerprint density at radius 1 is 1.33 bits per heavy atom. The molecule has 2 aromatic rings. The number of aromatic nitrogens is 1. The molecule has 0 N–H and O–H groups in total. The molecule has 0 unspecified atom stereocenters. The molecule has 0 saturated carbocycles. The first-order valence-corrected chi connectivity index (χ1v) is 8.51. The van der Waals surface area contributed by atoms with Crippen LogP contribution in [0.15, 0.2) is 36.5 Å². The Morgan fingerprint density at radius 2 is 2.17 bits per heavy atom. The molecule has 1 fully saturated rings. The maximum Gasteiger partial charge on any atom is 0.254 e. The van der Waals surface area contributed by atoms with Crippen molar-refractivity contribution in [3.05, 3.63) is 58.2 Å². The van der Waals surface area contributed by atoms with Gasteiger partial charge in [-0.2, -0.15) is 0 Å². The highest BCUT2D eigenvalue weighted by atomic mass is 35.5. The Bertz CT molecular complexity index is 748. The number of halogens is 1. The number of rotatable bonds is 3. The molecule has 1 aliphatic heterocycles. The smallest absolute Gasteiger partial charge is 0.254 e. The van der Waals surface area contributed by atoms with Gasteiger partial charge in [-0.1, -0.05) is 17.7 Å². The van der Waals surface area contributed by atoms with E-state index in [4.69, 9.17) is 16.3 Å². The molecule has 2 heterocycles. The largest absolute Gasteiger partial charge is 0.481 e. The summed E-state index contributed by atoms with van der Waals surface area (Å²) in [6.07, 6.45) is 3.70. The van der Waals surface area contributed by atoms with E-state index in [1.165, 1.54) is 11.1 Å². The van der Waals surface area contributed by atoms with Gasteiger partial charge in [-0.3, -0.25) is 4.79 Å². The minimum atomic E-state index is 0.0343. The first-order valence-electron chi connectivity index (χ1n) is 8.14. The molecule has 0 aliphatic carbocycles. The Balaban J connectivity index is 1.78. The van der Waals surface area contributed by atoms with E-state index in [1.807, 2.05) is 17.0 Å². The average Bonchev–Trinajstić information content (AvgIpc) is 2.61. The lowest BCUT2D eigenvalue weighted by molar-refractivity contribution is 0.0706. The van der Waals surface area contributed by atoms with Gasteiger partial charge in [0, 0.05) is 41.9 Å². The molecule has 126 valence electrons. The second kappa shape index (κ2) is 7.22. The number of aryl methyl sites for hydroxylation is 1. The Hall–Kier alpha value is -2.07. The number of nitrogens with zero attached hydrogens (tertiary/aromatic N) is 2. The van der Waals surface area contributed by atoms with Crippen LogP contribution in [0.5, 0.6) is 5.88 Å². The van der Waals surface area contributed by atoms with E-state index in [9.17, 15) is 4.79 Å². The second-order valence-corrected chi connectivity index (χ2v) is 6.61. The van der Waals surface area contributed by atoms with Crippen molar-refractivity contribution < 1.29 is 9.53 Å². The first-order chi connectivity index (χ1) is 11.6. The highest BCUT2D eigenvalue weighted by Gasteiger charge is 2.26. The fourth-order valence-electron chi connectivity index (χ4n) is 3.35. The van der Waals surface area contributed by atoms with Crippen molar-refractivity contribution in [3.63, 3.8) is 0 Å². The molecule has 1 amide bonds. The van der Waals surface area contributed by atoms with Crippen LogP contribution in [0.1, 0.15) is 40.2 Å². The van der Waals surface area contributed by atoms with Gasteiger partial charge >= 0.3 is 0 Å².